The Morgan fingerprint density at radius 3 is 2.63 bits per heavy atom. The Bertz CT molecular complexity index is 1110. The van der Waals surface area contributed by atoms with Gasteiger partial charge in [-0.1, -0.05) is 41.3 Å². The maximum atomic E-state index is 13.4. The summed E-state index contributed by atoms with van der Waals surface area (Å²) in [6.07, 6.45) is 9.89. The van der Waals surface area contributed by atoms with E-state index in [1.165, 1.54) is 12.1 Å². The normalized spacial score (nSPS) is 15.7. The molecule has 0 spiro atoms. The molecule has 27 heavy (non-hydrogen) atoms. The van der Waals surface area contributed by atoms with E-state index >= 15 is 0 Å². The molecule has 6 heteroatoms. The fourth-order valence-electron chi connectivity index (χ4n) is 2.91. The van der Waals surface area contributed by atoms with Crippen molar-refractivity contribution in [1.29, 1.82) is 0 Å². The molecule has 3 aromatic rings. The molecular formula is C21H17F2N2S2+. The van der Waals surface area contributed by atoms with E-state index in [1.807, 2.05) is 53.9 Å². The largest absolute Gasteiger partial charge is 0.338 e. The molecule has 0 radical (unpaired) electrons. The molecule has 0 unspecified atom stereocenters. The highest BCUT2D eigenvalue weighted by Gasteiger charge is 2.21. The number of rotatable bonds is 3. The minimum Gasteiger partial charge on any atom is -0.338 e. The monoisotopic (exact) mass is 399 g/mol. The van der Waals surface area contributed by atoms with E-state index in [0.29, 0.717) is 0 Å². The molecule has 2 nitrogen and oxygen atoms in total. The van der Waals surface area contributed by atoms with Gasteiger partial charge in [0, 0.05) is 24.1 Å². The molecule has 136 valence electrons. The SMILES string of the molecule is CN1/C(=C/C=C/C=C/c2sc3ccc(F)cc3[n+]2C)Sc2ccc(F)cc21. The summed E-state index contributed by atoms with van der Waals surface area (Å²) in [6.45, 7) is 0. The third kappa shape index (κ3) is 3.55. The second kappa shape index (κ2) is 7.29. The molecular weight excluding hydrogens is 382 g/mol. The van der Waals surface area contributed by atoms with Crippen LogP contribution in [0.3, 0.4) is 0 Å². The van der Waals surface area contributed by atoms with Crippen LogP contribution in [0.4, 0.5) is 14.5 Å². The summed E-state index contributed by atoms with van der Waals surface area (Å²) >= 11 is 3.24. The smallest absolute Gasteiger partial charge is 0.262 e. The number of thiazole rings is 1. The summed E-state index contributed by atoms with van der Waals surface area (Å²) in [7, 11) is 3.87. The summed E-state index contributed by atoms with van der Waals surface area (Å²) in [5, 5.41) is 2.09. The predicted octanol–water partition coefficient (Wildman–Crippen LogP) is 5.66. The van der Waals surface area contributed by atoms with Gasteiger partial charge in [-0.3, -0.25) is 0 Å². The third-order valence-corrected chi connectivity index (χ3v) is 6.72. The molecule has 0 bridgehead atoms. The van der Waals surface area contributed by atoms with Crippen LogP contribution in [-0.2, 0) is 7.05 Å². The average Bonchev–Trinajstić information content (AvgIpc) is 3.13. The van der Waals surface area contributed by atoms with E-state index < -0.39 is 0 Å². The Balaban J connectivity index is 1.49. The number of benzene rings is 2. The van der Waals surface area contributed by atoms with E-state index in [9.17, 15) is 8.78 Å². The van der Waals surface area contributed by atoms with Crippen molar-refractivity contribution in [1.82, 2.24) is 0 Å². The third-order valence-electron chi connectivity index (χ3n) is 4.35. The van der Waals surface area contributed by atoms with Gasteiger partial charge in [-0.25, -0.2) is 8.78 Å². The van der Waals surface area contributed by atoms with E-state index in [2.05, 4.69) is 0 Å². The average molecular weight is 400 g/mol. The molecule has 0 amide bonds. The molecule has 1 aromatic heterocycles. The summed E-state index contributed by atoms with van der Waals surface area (Å²) < 4.78 is 29.9. The van der Waals surface area contributed by atoms with E-state index in [4.69, 9.17) is 0 Å². The quantitative estimate of drug-likeness (QED) is 0.415. The van der Waals surface area contributed by atoms with Gasteiger partial charge in [0.15, 0.2) is 0 Å². The zero-order valence-corrected chi connectivity index (χ0v) is 16.5. The molecule has 1 aliphatic heterocycles. The standard InChI is InChI=1S/C21H17F2N2S2/c1-24-16-12-14(22)8-10-18(16)26-20(24)6-4-3-5-7-21-25(2)17-13-15(23)9-11-19(17)27-21/h3-13H,1-2H3/q+1. The number of hydrogen-bond acceptors (Lipinski definition) is 3. The summed E-state index contributed by atoms with van der Waals surface area (Å²) in [4.78, 5) is 3.04. The van der Waals surface area contributed by atoms with Crippen LogP contribution in [0.2, 0.25) is 0 Å². The lowest BCUT2D eigenvalue weighted by atomic mass is 10.3. The number of hydrogen-bond donors (Lipinski definition) is 0. The number of halogens is 2. The molecule has 0 fully saturated rings. The van der Waals surface area contributed by atoms with Gasteiger partial charge in [-0.05, 0) is 36.4 Å². The Morgan fingerprint density at radius 1 is 1.00 bits per heavy atom. The Kier molecular flexibility index (Phi) is 4.85. The van der Waals surface area contributed by atoms with Gasteiger partial charge >= 0.3 is 0 Å². The van der Waals surface area contributed by atoms with Gasteiger partial charge < -0.3 is 4.90 Å². The number of thioether (sulfide) groups is 1. The zero-order valence-electron chi connectivity index (χ0n) is 14.8. The van der Waals surface area contributed by atoms with Gasteiger partial charge in [0.1, 0.15) is 23.4 Å². The first-order chi connectivity index (χ1) is 13.0. The Hall–Kier alpha value is -2.44. The molecule has 2 heterocycles. The van der Waals surface area contributed by atoms with Crippen molar-refractivity contribution in [2.45, 2.75) is 4.90 Å². The van der Waals surface area contributed by atoms with Crippen molar-refractivity contribution in [2.75, 3.05) is 11.9 Å². The lowest BCUT2D eigenvalue weighted by Gasteiger charge is -2.12. The molecule has 0 atom stereocenters. The summed E-state index contributed by atoms with van der Waals surface area (Å²) in [5.41, 5.74) is 1.78. The van der Waals surface area contributed by atoms with Crippen molar-refractivity contribution >= 4 is 45.1 Å². The van der Waals surface area contributed by atoms with Gasteiger partial charge in [0.25, 0.3) is 5.01 Å². The number of allylic oxidation sites excluding steroid dienone is 4. The van der Waals surface area contributed by atoms with Gasteiger partial charge in [-0.2, -0.15) is 4.57 Å². The van der Waals surface area contributed by atoms with Crippen LogP contribution in [-0.4, -0.2) is 7.05 Å². The zero-order chi connectivity index (χ0) is 19.0. The van der Waals surface area contributed by atoms with E-state index in [0.717, 1.165) is 30.8 Å². The maximum Gasteiger partial charge on any atom is 0.262 e. The number of aryl methyl sites for hydroxylation is 1. The molecule has 2 aromatic carbocycles. The number of aromatic nitrogens is 1. The first kappa shape index (κ1) is 17.9. The number of nitrogens with zero attached hydrogens (tertiary/aromatic N) is 2. The van der Waals surface area contributed by atoms with Gasteiger partial charge in [0.05, 0.1) is 10.7 Å². The molecule has 4 rings (SSSR count). The van der Waals surface area contributed by atoms with Crippen molar-refractivity contribution < 1.29 is 13.3 Å². The van der Waals surface area contributed by atoms with Crippen LogP contribution in [0, 0.1) is 11.6 Å². The summed E-state index contributed by atoms with van der Waals surface area (Å²) in [6, 6.07) is 9.69. The highest BCUT2D eigenvalue weighted by molar-refractivity contribution is 8.03. The van der Waals surface area contributed by atoms with Crippen molar-refractivity contribution in [3.05, 3.63) is 82.4 Å². The second-order valence-electron chi connectivity index (χ2n) is 6.13. The molecule has 0 N–H and O–H groups in total. The molecule has 0 saturated heterocycles. The van der Waals surface area contributed by atoms with Gasteiger partial charge in [-0.15, -0.1) is 0 Å². The first-order valence-electron chi connectivity index (χ1n) is 8.37. The van der Waals surface area contributed by atoms with Crippen LogP contribution in [0.5, 0.6) is 0 Å². The topological polar surface area (TPSA) is 7.12 Å². The summed E-state index contributed by atoms with van der Waals surface area (Å²) in [5.74, 6) is -0.450. The molecule has 1 aliphatic rings. The second-order valence-corrected chi connectivity index (χ2v) is 8.26. The fraction of sp³-hybridized carbons (Fsp3) is 0.0952. The first-order valence-corrected chi connectivity index (χ1v) is 10.0. The number of fused-ring (bicyclic) bond motifs is 2. The van der Waals surface area contributed by atoms with Crippen molar-refractivity contribution in [3.63, 3.8) is 0 Å². The highest BCUT2D eigenvalue weighted by Crippen LogP contribution is 2.45. The van der Waals surface area contributed by atoms with Crippen LogP contribution in [0.15, 0.2) is 70.6 Å². The maximum absolute atomic E-state index is 13.4. The highest BCUT2D eigenvalue weighted by atomic mass is 32.2. The Morgan fingerprint density at radius 2 is 1.78 bits per heavy atom. The molecule has 0 aliphatic carbocycles. The van der Waals surface area contributed by atoms with Crippen molar-refractivity contribution in [2.24, 2.45) is 7.05 Å². The van der Waals surface area contributed by atoms with Crippen LogP contribution in [0.25, 0.3) is 16.3 Å². The predicted molar refractivity (Wildman–Crippen MR) is 110 cm³/mol. The van der Waals surface area contributed by atoms with Crippen molar-refractivity contribution in [3.8, 4) is 0 Å². The van der Waals surface area contributed by atoms with Crippen LogP contribution >= 0.6 is 23.1 Å². The number of anilines is 1. The lowest BCUT2D eigenvalue weighted by Crippen LogP contribution is -2.28. The lowest BCUT2D eigenvalue weighted by molar-refractivity contribution is -0.642. The van der Waals surface area contributed by atoms with E-state index in [-0.39, 0.29) is 11.6 Å². The van der Waals surface area contributed by atoms with E-state index in [1.54, 1.807) is 47.4 Å². The fourth-order valence-corrected chi connectivity index (χ4v) is 5.00. The van der Waals surface area contributed by atoms with Gasteiger partial charge in [0.2, 0.25) is 5.52 Å². The minimum absolute atomic E-state index is 0.225. The van der Waals surface area contributed by atoms with Crippen LogP contribution in [0.1, 0.15) is 5.01 Å². The van der Waals surface area contributed by atoms with Crippen LogP contribution < -0.4 is 9.47 Å². The minimum atomic E-state index is -0.225. The Labute approximate surface area is 164 Å². The molecule has 0 saturated carbocycles.